The predicted molar refractivity (Wildman–Crippen MR) is 129 cm³/mol. The summed E-state index contributed by atoms with van der Waals surface area (Å²) in [6, 6.07) is 34.5. The van der Waals surface area contributed by atoms with Crippen LogP contribution in [0.5, 0.6) is 0 Å². The summed E-state index contributed by atoms with van der Waals surface area (Å²) in [4.78, 5) is 0. The van der Waals surface area contributed by atoms with E-state index in [4.69, 9.17) is 11.5 Å². The predicted octanol–water partition coefficient (Wildman–Crippen LogP) is 5.50. The summed E-state index contributed by atoms with van der Waals surface area (Å²) in [6.45, 7) is 0. The van der Waals surface area contributed by atoms with Crippen LogP contribution in [0.3, 0.4) is 0 Å². The molecule has 4 aromatic rings. The number of nitrogen functional groups attached to an aromatic ring is 2. The van der Waals surface area contributed by atoms with Gasteiger partial charge in [-0.25, -0.2) is 0 Å². The molecule has 0 aliphatic carbocycles. The molecule has 0 aliphatic heterocycles. The first-order valence-corrected chi connectivity index (χ1v) is 10.6. The summed E-state index contributed by atoms with van der Waals surface area (Å²) >= 11 is 0. The highest BCUT2D eigenvalue weighted by Crippen LogP contribution is 2.33. The van der Waals surface area contributed by atoms with E-state index in [1.54, 1.807) is 0 Å². The summed E-state index contributed by atoms with van der Waals surface area (Å²) in [5.74, 6) is 0.131. The van der Waals surface area contributed by atoms with Crippen LogP contribution in [-0.2, 0) is 12.8 Å². The van der Waals surface area contributed by atoms with Gasteiger partial charge in [0.2, 0.25) is 0 Å². The van der Waals surface area contributed by atoms with E-state index in [1.807, 2.05) is 54.6 Å². The Hall–Kier alpha value is -3.56. The summed E-state index contributed by atoms with van der Waals surface area (Å²) in [5.41, 5.74) is 19.0. The smallest absolute Gasteiger partial charge is 0.0850 e. The second-order valence-electron chi connectivity index (χ2n) is 8.00. The van der Waals surface area contributed by atoms with E-state index in [0.717, 1.165) is 28.8 Å². The van der Waals surface area contributed by atoms with Crippen molar-refractivity contribution in [1.29, 1.82) is 0 Å². The van der Waals surface area contributed by atoms with Gasteiger partial charge in [-0.2, -0.15) is 0 Å². The lowest BCUT2D eigenvalue weighted by molar-refractivity contribution is 0.179. The van der Waals surface area contributed by atoms with E-state index in [0.29, 0.717) is 12.1 Å². The molecule has 2 unspecified atom stereocenters. The molecule has 5 N–H and O–H groups in total. The van der Waals surface area contributed by atoms with Crippen molar-refractivity contribution < 1.29 is 5.11 Å². The molecule has 3 nitrogen and oxygen atoms in total. The Bertz CT molecular complexity index is 1110. The number of aliphatic hydroxyl groups is 1. The summed E-state index contributed by atoms with van der Waals surface area (Å²) in [6.07, 6.45) is 0.717. The van der Waals surface area contributed by atoms with Crippen LogP contribution in [0.1, 0.15) is 39.8 Å². The van der Waals surface area contributed by atoms with E-state index in [-0.39, 0.29) is 5.92 Å². The van der Waals surface area contributed by atoms with Crippen molar-refractivity contribution in [2.45, 2.75) is 24.9 Å². The second kappa shape index (κ2) is 9.50. The molecule has 0 heterocycles. The Morgan fingerprint density at radius 2 is 1.16 bits per heavy atom. The average Bonchev–Trinajstić information content (AvgIpc) is 2.80. The molecule has 0 spiro atoms. The van der Waals surface area contributed by atoms with Gasteiger partial charge < -0.3 is 16.6 Å². The average molecular weight is 409 g/mol. The van der Waals surface area contributed by atoms with Gasteiger partial charge in [0.1, 0.15) is 0 Å². The highest BCUT2D eigenvalue weighted by atomic mass is 16.3. The number of hydrogen-bond donors (Lipinski definition) is 3. The van der Waals surface area contributed by atoms with E-state index < -0.39 is 6.10 Å². The molecule has 4 rings (SSSR count). The standard InChI is InChI=1S/C28H28N2O/c29-24-14-11-22(12-15-24)25(17-20-7-3-1-4-8-20)23-13-16-27(30)26(19-23)28(31)18-21-9-5-2-6-10-21/h1-16,19,25,28,31H,17-18,29-30H2. The van der Waals surface area contributed by atoms with Crippen LogP contribution in [0.15, 0.2) is 103 Å². The molecule has 0 saturated carbocycles. The summed E-state index contributed by atoms with van der Waals surface area (Å²) in [5, 5.41) is 11.0. The van der Waals surface area contributed by atoms with Gasteiger partial charge >= 0.3 is 0 Å². The molecular formula is C28H28N2O. The van der Waals surface area contributed by atoms with Gasteiger partial charge in [0, 0.05) is 29.3 Å². The molecule has 0 aliphatic rings. The molecule has 0 aromatic heterocycles. The van der Waals surface area contributed by atoms with E-state index in [9.17, 15) is 5.11 Å². The normalized spacial score (nSPS) is 12.9. The van der Waals surface area contributed by atoms with Crippen molar-refractivity contribution in [1.82, 2.24) is 0 Å². The fraction of sp³-hybridized carbons (Fsp3) is 0.143. The lowest BCUT2D eigenvalue weighted by Gasteiger charge is -2.22. The number of nitrogens with two attached hydrogens (primary N) is 2. The third-order valence-corrected chi connectivity index (χ3v) is 5.77. The Labute approximate surface area is 184 Å². The van der Waals surface area contributed by atoms with Gasteiger partial charge in [-0.15, -0.1) is 0 Å². The minimum Gasteiger partial charge on any atom is -0.399 e. The van der Waals surface area contributed by atoms with Gasteiger partial charge in [0.15, 0.2) is 0 Å². The quantitative estimate of drug-likeness (QED) is 0.354. The number of benzene rings is 4. The number of hydrogen-bond acceptors (Lipinski definition) is 3. The summed E-state index contributed by atoms with van der Waals surface area (Å²) in [7, 11) is 0. The van der Waals surface area contributed by atoms with Gasteiger partial charge in [-0.3, -0.25) is 0 Å². The third-order valence-electron chi connectivity index (χ3n) is 5.77. The molecule has 3 heteroatoms. The molecule has 0 amide bonds. The van der Waals surface area contributed by atoms with Crippen molar-refractivity contribution in [3.63, 3.8) is 0 Å². The Morgan fingerprint density at radius 1 is 0.613 bits per heavy atom. The van der Waals surface area contributed by atoms with Crippen LogP contribution in [-0.4, -0.2) is 5.11 Å². The molecule has 31 heavy (non-hydrogen) atoms. The molecule has 0 saturated heterocycles. The van der Waals surface area contributed by atoms with E-state index >= 15 is 0 Å². The zero-order valence-corrected chi connectivity index (χ0v) is 17.5. The van der Waals surface area contributed by atoms with Crippen LogP contribution in [0.25, 0.3) is 0 Å². The number of aliphatic hydroxyl groups excluding tert-OH is 1. The molecule has 2 atom stereocenters. The van der Waals surface area contributed by atoms with Crippen molar-refractivity contribution in [2.24, 2.45) is 0 Å². The minimum atomic E-state index is -0.661. The van der Waals surface area contributed by atoms with Crippen molar-refractivity contribution in [2.75, 3.05) is 11.5 Å². The first-order chi connectivity index (χ1) is 15.1. The number of rotatable bonds is 7. The van der Waals surface area contributed by atoms with Crippen molar-refractivity contribution in [3.8, 4) is 0 Å². The SMILES string of the molecule is Nc1ccc(C(Cc2ccccc2)c2ccc(N)c(C(O)Cc3ccccc3)c2)cc1. The largest absolute Gasteiger partial charge is 0.399 e. The second-order valence-corrected chi connectivity index (χ2v) is 8.00. The Morgan fingerprint density at radius 3 is 1.77 bits per heavy atom. The van der Waals surface area contributed by atoms with Crippen LogP contribution in [0, 0.1) is 0 Å². The lowest BCUT2D eigenvalue weighted by Crippen LogP contribution is -2.10. The molecule has 156 valence electrons. The van der Waals surface area contributed by atoms with Gasteiger partial charge in [0.05, 0.1) is 6.10 Å². The molecule has 0 fully saturated rings. The van der Waals surface area contributed by atoms with E-state index in [1.165, 1.54) is 11.1 Å². The van der Waals surface area contributed by atoms with Gasteiger partial charge in [-0.1, -0.05) is 84.9 Å². The molecule has 0 radical (unpaired) electrons. The van der Waals surface area contributed by atoms with Crippen molar-refractivity contribution >= 4 is 11.4 Å². The zero-order valence-electron chi connectivity index (χ0n) is 17.5. The maximum Gasteiger partial charge on any atom is 0.0850 e. The first kappa shape index (κ1) is 20.7. The zero-order chi connectivity index (χ0) is 21.6. The van der Waals surface area contributed by atoms with E-state index in [2.05, 4.69) is 48.5 Å². The van der Waals surface area contributed by atoms with Crippen LogP contribution in [0.4, 0.5) is 11.4 Å². The highest BCUT2D eigenvalue weighted by molar-refractivity contribution is 5.53. The molecule has 0 bridgehead atoms. The van der Waals surface area contributed by atoms with Crippen molar-refractivity contribution in [3.05, 3.63) is 131 Å². The Balaban J connectivity index is 1.69. The lowest BCUT2D eigenvalue weighted by atomic mass is 9.84. The maximum atomic E-state index is 11.0. The minimum absolute atomic E-state index is 0.131. The number of anilines is 2. The fourth-order valence-electron chi connectivity index (χ4n) is 4.05. The summed E-state index contributed by atoms with van der Waals surface area (Å²) < 4.78 is 0. The topological polar surface area (TPSA) is 72.3 Å². The van der Waals surface area contributed by atoms with Gasteiger partial charge in [-0.05, 0) is 46.9 Å². The molecule has 4 aromatic carbocycles. The van der Waals surface area contributed by atoms with Crippen LogP contribution < -0.4 is 11.5 Å². The first-order valence-electron chi connectivity index (χ1n) is 10.6. The third kappa shape index (κ3) is 5.14. The monoisotopic (exact) mass is 408 g/mol. The van der Waals surface area contributed by atoms with Crippen LogP contribution >= 0.6 is 0 Å². The maximum absolute atomic E-state index is 11.0. The fourth-order valence-corrected chi connectivity index (χ4v) is 4.05. The molecular weight excluding hydrogens is 380 g/mol. The highest BCUT2D eigenvalue weighted by Gasteiger charge is 2.19. The van der Waals surface area contributed by atoms with Gasteiger partial charge in [0.25, 0.3) is 0 Å². The van der Waals surface area contributed by atoms with Crippen LogP contribution in [0.2, 0.25) is 0 Å². The Kier molecular flexibility index (Phi) is 6.34.